The predicted octanol–water partition coefficient (Wildman–Crippen LogP) is 2.37. The van der Waals surface area contributed by atoms with Crippen LogP contribution in [0.15, 0.2) is 39.5 Å². The lowest BCUT2D eigenvalue weighted by Gasteiger charge is -2.07. The molecule has 0 saturated carbocycles. The van der Waals surface area contributed by atoms with Gasteiger partial charge in [-0.1, -0.05) is 12.1 Å². The quantitative estimate of drug-likeness (QED) is 0.454. The van der Waals surface area contributed by atoms with Gasteiger partial charge in [-0.3, -0.25) is 5.32 Å². The molecule has 0 atom stereocenters. The van der Waals surface area contributed by atoms with Gasteiger partial charge in [-0.25, -0.2) is 14.6 Å². The van der Waals surface area contributed by atoms with Gasteiger partial charge in [-0.05, 0) is 32.0 Å². The fraction of sp³-hybridized carbons (Fsp3) is 0.235. The molecule has 6 nitrogen and oxygen atoms in total. The Kier molecular flexibility index (Phi) is 3.97. The number of para-hydroxylation sites is 1. The summed E-state index contributed by atoms with van der Waals surface area (Å²) in [5, 5.41) is 4.19. The molecule has 6 heteroatoms. The number of hydrogen-bond acceptors (Lipinski definition) is 5. The summed E-state index contributed by atoms with van der Waals surface area (Å²) >= 11 is 0. The van der Waals surface area contributed by atoms with Crippen LogP contribution in [0, 0.1) is 0 Å². The van der Waals surface area contributed by atoms with Crippen molar-refractivity contribution >= 4 is 33.7 Å². The molecule has 3 rings (SSSR count). The van der Waals surface area contributed by atoms with Crippen molar-refractivity contribution in [3.8, 4) is 0 Å². The highest BCUT2D eigenvalue weighted by Crippen LogP contribution is 2.22. The fourth-order valence-corrected chi connectivity index (χ4v) is 2.52. The van der Waals surface area contributed by atoms with E-state index in [1.807, 2.05) is 19.1 Å². The number of H-pyrrole nitrogens is 1. The van der Waals surface area contributed by atoms with Gasteiger partial charge in [0.2, 0.25) is 0 Å². The van der Waals surface area contributed by atoms with Crippen LogP contribution in [0.25, 0.3) is 21.9 Å². The van der Waals surface area contributed by atoms with E-state index in [0.29, 0.717) is 28.8 Å². The first-order chi connectivity index (χ1) is 11.2. The average molecular weight is 313 g/mol. The molecule has 0 amide bonds. The van der Waals surface area contributed by atoms with E-state index >= 15 is 0 Å². The average Bonchev–Trinajstić information content (AvgIpc) is 2.55. The van der Waals surface area contributed by atoms with Crippen LogP contribution in [0.4, 0.5) is 5.82 Å². The summed E-state index contributed by atoms with van der Waals surface area (Å²) in [4.78, 5) is 27.5. The number of rotatable bonds is 4. The first-order valence-corrected chi connectivity index (χ1v) is 7.48. The van der Waals surface area contributed by atoms with Crippen LogP contribution in [0.2, 0.25) is 0 Å². The largest absolute Gasteiger partial charge is 0.462 e. The second kappa shape index (κ2) is 6.08. The number of ether oxygens (including phenoxy) is 1. The second-order valence-corrected chi connectivity index (χ2v) is 4.98. The number of nitrogens with one attached hydrogen (secondary N) is 2. The molecular weight excluding hydrogens is 296 g/mol. The maximum atomic E-state index is 12.2. The lowest BCUT2D eigenvalue weighted by Crippen LogP contribution is -2.22. The summed E-state index contributed by atoms with van der Waals surface area (Å²) in [6.45, 7) is 4.53. The molecule has 0 aliphatic carbocycles. The Bertz CT molecular complexity index is 946. The summed E-state index contributed by atoms with van der Waals surface area (Å²) in [7, 11) is 0. The van der Waals surface area contributed by atoms with Crippen molar-refractivity contribution in [3.63, 3.8) is 0 Å². The van der Waals surface area contributed by atoms with Gasteiger partial charge in [-0.2, -0.15) is 0 Å². The molecule has 23 heavy (non-hydrogen) atoms. The molecule has 0 bridgehead atoms. The van der Waals surface area contributed by atoms with E-state index in [2.05, 4.69) is 10.3 Å². The molecule has 118 valence electrons. The number of carbonyl (C=O) groups excluding carboxylic acids is 1. The van der Waals surface area contributed by atoms with Gasteiger partial charge in [0.15, 0.2) is 5.52 Å². The monoisotopic (exact) mass is 313 g/mol. The summed E-state index contributed by atoms with van der Waals surface area (Å²) < 4.78 is 10.4. The van der Waals surface area contributed by atoms with Gasteiger partial charge in [0, 0.05) is 0 Å². The molecule has 3 aromatic rings. The number of hydrogen-bond donors (Lipinski definition) is 1. The fourth-order valence-electron chi connectivity index (χ4n) is 2.52. The zero-order valence-corrected chi connectivity index (χ0v) is 12.9. The third-order valence-corrected chi connectivity index (χ3v) is 3.51. The van der Waals surface area contributed by atoms with Gasteiger partial charge >= 0.3 is 11.6 Å². The summed E-state index contributed by atoms with van der Waals surface area (Å²) in [5.41, 5.74) is 0.903. The summed E-state index contributed by atoms with van der Waals surface area (Å²) in [6.07, 6.45) is 0. The van der Waals surface area contributed by atoms with E-state index in [-0.39, 0.29) is 12.2 Å². The molecule has 0 aliphatic rings. The number of esters is 1. The highest BCUT2D eigenvalue weighted by atomic mass is 16.5. The molecule has 0 aliphatic heterocycles. The van der Waals surface area contributed by atoms with Crippen molar-refractivity contribution in [2.75, 3.05) is 18.5 Å². The summed E-state index contributed by atoms with van der Waals surface area (Å²) in [6, 6.07) is 8.77. The molecule has 2 heterocycles. The van der Waals surface area contributed by atoms with Crippen molar-refractivity contribution in [1.29, 1.82) is 0 Å². The molecule has 2 aromatic heterocycles. The van der Waals surface area contributed by atoms with Crippen molar-refractivity contribution in [3.05, 3.63) is 46.3 Å². The molecule has 0 unspecified atom stereocenters. The first-order valence-electron chi connectivity index (χ1n) is 7.48. The van der Waals surface area contributed by atoms with Crippen LogP contribution in [-0.2, 0) is 4.74 Å². The Balaban J connectivity index is 2.36. The number of carbonyl (C=O) groups is 1. The van der Waals surface area contributed by atoms with Crippen LogP contribution in [0.5, 0.6) is 0 Å². The number of aromatic nitrogens is 1. The maximum Gasteiger partial charge on any atom is 0.347 e. The highest BCUT2D eigenvalue weighted by Gasteiger charge is 2.22. The standard InChI is InChI=1S/C17H16N2O4/c1-3-18-15-12(16(20)22-4-2)9-11-14(19-15)10-7-5-6-8-13(10)23-17(11)21/h5-9H,3-4H2,1-2H3,(H,18,19)/p+1. The molecular formula is C17H17N2O4+. The molecule has 0 spiro atoms. The Morgan fingerprint density at radius 3 is 2.78 bits per heavy atom. The number of pyridine rings is 1. The van der Waals surface area contributed by atoms with E-state index < -0.39 is 11.6 Å². The zero-order valence-electron chi connectivity index (χ0n) is 12.9. The van der Waals surface area contributed by atoms with E-state index in [1.165, 1.54) is 6.07 Å². The first kappa shape index (κ1) is 15.0. The molecule has 0 fully saturated rings. The number of fused-ring (bicyclic) bond motifs is 3. The molecule has 0 saturated heterocycles. The minimum atomic E-state index is -0.497. The van der Waals surface area contributed by atoms with Gasteiger partial charge in [0.05, 0.1) is 18.5 Å². The van der Waals surface area contributed by atoms with Gasteiger partial charge in [0.1, 0.15) is 16.5 Å². The number of aromatic amines is 1. The normalized spacial score (nSPS) is 10.9. The van der Waals surface area contributed by atoms with E-state index in [4.69, 9.17) is 9.15 Å². The maximum absolute atomic E-state index is 12.2. The molecule has 0 radical (unpaired) electrons. The Labute approximate surface area is 132 Å². The number of anilines is 1. The third-order valence-electron chi connectivity index (χ3n) is 3.51. The van der Waals surface area contributed by atoms with Crippen molar-refractivity contribution < 1.29 is 18.9 Å². The van der Waals surface area contributed by atoms with Gasteiger partial charge < -0.3 is 9.15 Å². The van der Waals surface area contributed by atoms with Gasteiger partial charge in [-0.15, -0.1) is 0 Å². The smallest absolute Gasteiger partial charge is 0.347 e. The van der Waals surface area contributed by atoms with Crippen LogP contribution in [0.1, 0.15) is 24.2 Å². The van der Waals surface area contributed by atoms with E-state index in [0.717, 1.165) is 5.39 Å². The Morgan fingerprint density at radius 2 is 2.04 bits per heavy atom. The minimum absolute atomic E-state index is 0.259. The van der Waals surface area contributed by atoms with E-state index in [1.54, 1.807) is 19.1 Å². The number of benzene rings is 1. The van der Waals surface area contributed by atoms with Crippen LogP contribution >= 0.6 is 0 Å². The molecule has 1 aromatic carbocycles. The van der Waals surface area contributed by atoms with Crippen molar-refractivity contribution in [1.82, 2.24) is 0 Å². The second-order valence-electron chi connectivity index (χ2n) is 4.98. The minimum Gasteiger partial charge on any atom is -0.462 e. The van der Waals surface area contributed by atoms with Crippen molar-refractivity contribution in [2.24, 2.45) is 0 Å². The zero-order chi connectivity index (χ0) is 16.4. The van der Waals surface area contributed by atoms with E-state index in [9.17, 15) is 9.59 Å². The SMILES string of the molecule is CCNc1[nH+]c2c(cc1C(=O)OCC)c(=O)oc1ccccc12. The summed E-state index contributed by atoms with van der Waals surface area (Å²) in [5.74, 6) is 0.0309. The van der Waals surface area contributed by atoms with Crippen molar-refractivity contribution in [2.45, 2.75) is 13.8 Å². The predicted molar refractivity (Wildman–Crippen MR) is 86.7 cm³/mol. The Hall–Kier alpha value is -2.89. The Morgan fingerprint density at radius 1 is 1.26 bits per heavy atom. The lowest BCUT2D eigenvalue weighted by atomic mass is 10.1. The van der Waals surface area contributed by atoms with Crippen LogP contribution in [0.3, 0.4) is 0 Å². The van der Waals surface area contributed by atoms with Gasteiger partial charge in [0.25, 0.3) is 5.82 Å². The molecule has 2 N–H and O–H groups in total. The lowest BCUT2D eigenvalue weighted by molar-refractivity contribution is -0.326. The highest BCUT2D eigenvalue weighted by molar-refractivity contribution is 6.03. The van der Waals surface area contributed by atoms with Crippen LogP contribution in [-0.4, -0.2) is 19.1 Å². The topological polar surface area (TPSA) is 82.7 Å². The third kappa shape index (κ3) is 2.63. The van der Waals surface area contributed by atoms with Crippen LogP contribution < -0.4 is 15.9 Å².